The van der Waals surface area contributed by atoms with Crippen LogP contribution in [0.15, 0.2) is 47.6 Å². The van der Waals surface area contributed by atoms with Gasteiger partial charge in [0.05, 0.1) is 5.75 Å². The van der Waals surface area contributed by atoms with Crippen LogP contribution in [0.1, 0.15) is 18.1 Å². The molecule has 2 aromatic carbocycles. The van der Waals surface area contributed by atoms with Crippen molar-refractivity contribution in [3.63, 3.8) is 0 Å². The largest absolute Gasteiger partial charge is 0.486 e. The molecule has 0 saturated heterocycles. The Hall–Kier alpha value is -3.00. The summed E-state index contributed by atoms with van der Waals surface area (Å²) in [5, 5.41) is 10.6. The number of nitrogens with zero attached hydrogens (tertiary/aromatic N) is 2. The van der Waals surface area contributed by atoms with Crippen LogP contribution in [0.2, 0.25) is 0 Å². The number of ether oxygens (including phenoxy) is 2. The van der Waals surface area contributed by atoms with Gasteiger partial charge in [0.25, 0.3) is 0 Å². The van der Waals surface area contributed by atoms with Crippen LogP contribution < -0.4 is 14.8 Å². The minimum Gasteiger partial charge on any atom is -0.486 e. The number of aromatic amines is 1. The van der Waals surface area contributed by atoms with Gasteiger partial charge in [0.1, 0.15) is 13.2 Å². The number of aromatic nitrogens is 3. The standard InChI is InChI=1S/C22H24N4O3S/c1-2-15-3-6-17(7-4-15)21-24-22(26-25-21)30-14-20(27)23-10-9-16-5-8-18-19(13-16)29-12-11-28-18/h3-8,13H,2,9-12,14H2,1H3,(H,23,27)(H,24,25,26). The first-order chi connectivity index (χ1) is 14.7. The van der Waals surface area contributed by atoms with Crippen molar-refractivity contribution in [3.05, 3.63) is 53.6 Å². The zero-order chi connectivity index (χ0) is 20.8. The van der Waals surface area contributed by atoms with Gasteiger partial charge in [0, 0.05) is 12.1 Å². The molecule has 1 aromatic heterocycles. The molecule has 0 unspecified atom stereocenters. The fourth-order valence-corrected chi connectivity index (χ4v) is 3.74. The Labute approximate surface area is 179 Å². The van der Waals surface area contributed by atoms with Gasteiger partial charge in [-0.2, -0.15) is 0 Å². The van der Waals surface area contributed by atoms with E-state index in [-0.39, 0.29) is 11.7 Å². The molecule has 3 aromatic rings. The van der Waals surface area contributed by atoms with Gasteiger partial charge in [-0.25, -0.2) is 4.98 Å². The molecule has 0 bridgehead atoms. The van der Waals surface area contributed by atoms with Gasteiger partial charge >= 0.3 is 0 Å². The third-order valence-corrected chi connectivity index (χ3v) is 5.62. The lowest BCUT2D eigenvalue weighted by Crippen LogP contribution is -2.27. The second-order valence-electron chi connectivity index (χ2n) is 6.88. The molecule has 0 spiro atoms. The topological polar surface area (TPSA) is 89.1 Å². The normalized spacial score (nSPS) is 12.6. The Morgan fingerprint density at radius 2 is 1.87 bits per heavy atom. The van der Waals surface area contributed by atoms with Crippen LogP contribution in [-0.4, -0.2) is 46.6 Å². The van der Waals surface area contributed by atoms with Gasteiger partial charge in [-0.1, -0.05) is 49.0 Å². The number of amides is 1. The minimum absolute atomic E-state index is 0.0452. The highest BCUT2D eigenvalue weighted by molar-refractivity contribution is 7.99. The number of aryl methyl sites for hydroxylation is 1. The van der Waals surface area contributed by atoms with Crippen LogP contribution in [0.5, 0.6) is 11.5 Å². The van der Waals surface area contributed by atoms with E-state index < -0.39 is 0 Å². The number of carbonyl (C=O) groups excluding carboxylic acids is 1. The Morgan fingerprint density at radius 3 is 2.67 bits per heavy atom. The lowest BCUT2D eigenvalue weighted by Gasteiger charge is -2.18. The zero-order valence-corrected chi connectivity index (χ0v) is 17.6. The number of carbonyl (C=O) groups is 1. The fraction of sp³-hybridized carbons (Fsp3) is 0.318. The maximum Gasteiger partial charge on any atom is 0.230 e. The number of hydrogen-bond donors (Lipinski definition) is 2. The molecule has 2 heterocycles. The van der Waals surface area contributed by atoms with E-state index in [0.29, 0.717) is 30.7 Å². The molecule has 0 saturated carbocycles. The van der Waals surface area contributed by atoms with Gasteiger partial charge in [-0.05, 0) is 36.1 Å². The summed E-state index contributed by atoms with van der Waals surface area (Å²) in [6, 6.07) is 14.1. The second-order valence-corrected chi connectivity index (χ2v) is 7.83. The van der Waals surface area contributed by atoms with Crippen molar-refractivity contribution in [3.8, 4) is 22.9 Å². The molecule has 1 aliphatic heterocycles. The molecule has 4 rings (SSSR count). The van der Waals surface area contributed by atoms with Crippen molar-refractivity contribution in [2.24, 2.45) is 0 Å². The maximum atomic E-state index is 12.1. The summed E-state index contributed by atoms with van der Waals surface area (Å²) < 4.78 is 11.1. The minimum atomic E-state index is -0.0452. The summed E-state index contributed by atoms with van der Waals surface area (Å²) in [6.07, 6.45) is 1.73. The van der Waals surface area contributed by atoms with Crippen molar-refractivity contribution in [1.82, 2.24) is 20.5 Å². The van der Waals surface area contributed by atoms with E-state index in [9.17, 15) is 4.79 Å². The SMILES string of the molecule is CCc1ccc(-c2nc(SCC(=O)NCCc3ccc4c(c3)OCCO4)n[nH]2)cc1. The van der Waals surface area contributed by atoms with Crippen LogP contribution >= 0.6 is 11.8 Å². The van der Waals surface area contributed by atoms with Crippen LogP contribution in [0.4, 0.5) is 0 Å². The molecule has 0 fully saturated rings. The predicted octanol–water partition coefficient (Wildman–Crippen LogP) is 3.26. The lowest BCUT2D eigenvalue weighted by atomic mass is 10.1. The summed E-state index contributed by atoms with van der Waals surface area (Å²) in [5.41, 5.74) is 3.36. The highest BCUT2D eigenvalue weighted by atomic mass is 32.2. The number of H-pyrrole nitrogens is 1. The molecule has 1 aliphatic rings. The van der Waals surface area contributed by atoms with Crippen molar-refractivity contribution < 1.29 is 14.3 Å². The van der Waals surface area contributed by atoms with E-state index in [0.717, 1.165) is 35.5 Å². The number of fused-ring (bicyclic) bond motifs is 1. The van der Waals surface area contributed by atoms with Crippen molar-refractivity contribution in [1.29, 1.82) is 0 Å². The molecule has 8 heteroatoms. The first-order valence-corrected chi connectivity index (χ1v) is 11.0. The summed E-state index contributed by atoms with van der Waals surface area (Å²) in [7, 11) is 0. The lowest BCUT2D eigenvalue weighted by molar-refractivity contribution is -0.118. The summed E-state index contributed by atoms with van der Waals surface area (Å²) in [5.74, 6) is 2.48. The van der Waals surface area contributed by atoms with E-state index in [1.54, 1.807) is 0 Å². The van der Waals surface area contributed by atoms with Crippen molar-refractivity contribution in [2.75, 3.05) is 25.5 Å². The first kappa shape index (κ1) is 20.3. The highest BCUT2D eigenvalue weighted by Crippen LogP contribution is 2.30. The predicted molar refractivity (Wildman–Crippen MR) is 116 cm³/mol. The smallest absolute Gasteiger partial charge is 0.230 e. The fourth-order valence-electron chi connectivity index (χ4n) is 3.11. The monoisotopic (exact) mass is 424 g/mol. The third-order valence-electron chi connectivity index (χ3n) is 4.78. The van der Waals surface area contributed by atoms with Crippen LogP contribution in [0, 0.1) is 0 Å². The van der Waals surface area contributed by atoms with Crippen LogP contribution in [0.3, 0.4) is 0 Å². The molecule has 2 N–H and O–H groups in total. The Balaban J connectivity index is 1.22. The summed E-state index contributed by atoms with van der Waals surface area (Å²) in [6.45, 7) is 3.83. The average molecular weight is 425 g/mol. The molecule has 0 aliphatic carbocycles. The molecule has 30 heavy (non-hydrogen) atoms. The van der Waals surface area contributed by atoms with Crippen molar-refractivity contribution in [2.45, 2.75) is 24.9 Å². The first-order valence-electron chi connectivity index (χ1n) is 10.0. The second kappa shape index (κ2) is 9.67. The summed E-state index contributed by atoms with van der Waals surface area (Å²) in [4.78, 5) is 16.6. The highest BCUT2D eigenvalue weighted by Gasteiger charge is 2.12. The van der Waals surface area contributed by atoms with E-state index in [4.69, 9.17) is 9.47 Å². The Kier molecular flexibility index (Phi) is 6.53. The molecule has 7 nitrogen and oxygen atoms in total. The number of rotatable bonds is 8. The third kappa shape index (κ3) is 5.13. The molecule has 0 radical (unpaired) electrons. The number of nitrogens with one attached hydrogen (secondary N) is 2. The van der Waals surface area contributed by atoms with E-state index in [1.165, 1.54) is 17.3 Å². The summed E-state index contributed by atoms with van der Waals surface area (Å²) >= 11 is 1.31. The molecule has 156 valence electrons. The van der Waals surface area contributed by atoms with Gasteiger partial charge < -0.3 is 14.8 Å². The van der Waals surface area contributed by atoms with E-state index >= 15 is 0 Å². The zero-order valence-electron chi connectivity index (χ0n) is 16.8. The quantitative estimate of drug-likeness (QED) is 0.540. The van der Waals surface area contributed by atoms with Gasteiger partial charge in [-0.3, -0.25) is 9.89 Å². The maximum absolute atomic E-state index is 12.1. The van der Waals surface area contributed by atoms with Gasteiger partial charge in [0.15, 0.2) is 17.3 Å². The average Bonchev–Trinajstić information content (AvgIpc) is 3.27. The van der Waals surface area contributed by atoms with Crippen LogP contribution in [0.25, 0.3) is 11.4 Å². The molecule has 1 amide bonds. The number of thioether (sulfide) groups is 1. The number of benzene rings is 2. The number of hydrogen-bond acceptors (Lipinski definition) is 6. The Bertz CT molecular complexity index is 1000. The van der Waals surface area contributed by atoms with Crippen molar-refractivity contribution >= 4 is 17.7 Å². The van der Waals surface area contributed by atoms with Gasteiger partial charge in [0.2, 0.25) is 11.1 Å². The molecular formula is C22H24N4O3S. The van der Waals surface area contributed by atoms with Crippen LogP contribution in [-0.2, 0) is 17.6 Å². The van der Waals surface area contributed by atoms with Gasteiger partial charge in [-0.15, -0.1) is 5.10 Å². The Morgan fingerprint density at radius 1 is 1.10 bits per heavy atom. The van der Waals surface area contributed by atoms with E-state index in [1.807, 2.05) is 30.3 Å². The van der Waals surface area contributed by atoms with E-state index in [2.05, 4.69) is 39.6 Å². The molecule has 0 atom stereocenters. The molecular weight excluding hydrogens is 400 g/mol.